The number of nitrogens with one attached hydrogen (secondary N) is 1. The summed E-state index contributed by atoms with van der Waals surface area (Å²) in [5.41, 5.74) is 2.40. The molecular formula is C17H18N2O2. The molecule has 21 heavy (non-hydrogen) atoms. The van der Waals surface area contributed by atoms with Crippen LogP contribution in [0.15, 0.2) is 54.6 Å². The minimum Gasteiger partial charge on any atom is -0.306 e. The van der Waals surface area contributed by atoms with Crippen molar-refractivity contribution in [2.75, 3.05) is 0 Å². The Morgan fingerprint density at radius 1 is 1.14 bits per heavy atom. The summed E-state index contributed by atoms with van der Waals surface area (Å²) in [7, 11) is 0. The van der Waals surface area contributed by atoms with Crippen molar-refractivity contribution in [3.8, 4) is 0 Å². The van der Waals surface area contributed by atoms with Crippen LogP contribution >= 0.6 is 0 Å². The van der Waals surface area contributed by atoms with Crippen molar-refractivity contribution < 1.29 is 4.92 Å². The first-order valence-electron chi connectivity index (χ1n) is 7.26. The zero-order valence-corrected chi connectivity index (χ0v) is 11.7. The minimum absolute atomic E-state index is 0.150. The molecule has 1 atom stereocenters. The number of benzene rings is 2. The highest BCUT2D eigenvalue weighted by Gasteiger charge is 2.31. The van der Waals surface area contributed by atoms with Crippen LogP contribution in [0.25, 0.3) is 0 Å². The van der Waals surface area contributed by atoms with Gasteiger partial charge >= 0.3 is 0 Å². The molecule has 1 unspecified atom stereocenters. The van der Waals surface area contributed by atoms with Crippen LogP contribution in [-0.4, -0.2) is 4.92 Å². The number of hydrogen-bond acceptors (Lipinski definition) is 3. The third kappa shape index (κ3) is 3.47. The Labute approximate surface area is 124 Å². The lowest BCUT2D eigenvalue weighted by Gasteiger charge is -2.18. The van der Waals surface area contributed by atoms with Crippen LogP contribution in [0.4, 0.5) is 5.69 Å². The summed E-state index contributed by atoms with van der Waals surface area (Å²) in [6, 6.07) is 17.6. The van der Waals surface area contributed by atoms with Gasteiger partial charge in [0.2, 0.25) is 0 Å². The summed E-state index contributed by atoms with van der Waals surface area (Å²) < 4.78 is 0. The summed E-state index contributed by atoms with van der Waals surface area (Å²) in [6.45, 7) is 0.651. The van der Waals surface area contributed by atoms with Gasteiger partial charge in [0.05, 0.1) is 4.92 Å². The Hall–Kier alpha value is -2.20. The molecular weight excluding hydrogens is 264 g/mol. The largest absolute Gasteiger partial charge is 0.306 e. The van der Waals surface area contributed by atoms with Crippen molar-refractivity contribution in [3.63, 3.8) is 0 Å². The molecule has 0 aliphatic heterocycles. The average molecular weight is 282 g/mol. The monoisotopic (exact) mass is 282 g/mol. The summed E-state index contributed by atoms with van der Waals surface area (Å²) in [5.74, 6) is 0.686. The van der Waals surface area contributed by atoms with E-state index in [1.807, 2.05) is 12.1 Å². The number of nitro benzene ring substituents is 1. The molecule has 1 aliphatic carbocycles. The van der Waals surface area contributed by atoms with E-state index in [0.29, 0.717) is 18.5 Å². The van der Waals surface area contributed by atoms with E-state index in [1.54, 1.807) is 12.1 Å². The van der Waals surface area contributed by atoms with E-state index in [4.69, 9.17) is 0 Å². The maximum Gasteiger partial charge on any atom is 0.269 e. The number of rotatable bonds is 6. The van der Waals surface area contributed by atoms with Crippen LogP contribution in [0.2, 0.25) is 0 Å². The van der Waals surface area contributed by atoms with Crippen LogP contribution in [0.3, 0.4) is 0 Å². The first kappa shape index (κ1) is 13.8. The predicted molar refractivity (Wildman–Crippen MR) is 81.8 cm³/mol. The molecule has 0 aromatic heterocycles. The maximum absolute atomic E-state index is 10.8. The fourth-order valence-corrected chi connectivity index (χ4v) is 2.65. The lowest BCUT2D eigenvalue weighted by molar-refractivity contribution is -0.384. The third-order valence-electron chi connectivity index (χ3n) is 3.90. The number of nitro groups is 1. The van der Waals surface area contributed by atoms with Gasteiger partial charge in [-0.1, -0.05) is 42.5 Å². The van der Waals surface area contributed by atoms with Crippen molar-refractivity contribution in [1.82, 2.24) is 5.32 Å². The standard InChI is InChI=1S/C17H18N2O2/c20-19(21)16-8-4-5-13(11-16)12-18-17(15-9-10-15)14-6-2-1-3-7-14/h1-8,11,15,17-18H,9-10,12H2. The number of hydrogen-bond donors (Lipinski definition) is 1. The van der Waals surface area contributed by atoms with Gasteiger partial charge in [0, 0.05) is 24.7 Å². The van der Waals surface area contributed by atoms with Gasteiger partial charge < -0.3 is 5.32 Å². The van der Waals surface area contributed by atoms with Gasteiger partial charge in [0.15, 0.2) is 0 Å². The molecule has 4 nitrogen and oxygen atoms in total. The van der Waals surface area contributed by atoms with Crippen molar-refractivity contribution in [1.29, 1.82) is 0 Å². The fraction of sp³-hybridized carbons (Fsp3) is 0.294. The molecule has 0 saturated heterocycles. The van der Waals surface area contributed by atoms with E-state index in [9.17, 15) is 10.1 Å². The third-order valence-corrected chi connectivity index (χ3v) is 3.90. The highest BCUT2D eigenvalue weighted by molar-refractivity contribution is 5.34. The fourth-order valence-electron chi connectivity index (χ4n) is 2.65. The van der Waals surface area contributed by atoms with Crippen molar-refractivity contribution >= 4 is 5.69 Å². The lowest BCUT2D eigenvalue weighted by atomic mass is 10.0. The highest BCUT2D eigenvalue weighted by atomic mass is 16.6. The zero-order valence-electron chi connectivity index (χ0n) is 11.7. The Morgan fingerprint density at radius 3 is 2.57 bits per heavy atom. The molecule has 0 amide bonds. The summed E-state index contributed by atoms with van der Waals surface area (Å²) in [4.78, 5) is 10.5. The zero-order chi connectivity index (χ0) is 14.7. The van der Waals surface area contributed by atoms with E-state index < -0.39 is 0 Å². The van der Waals surface area contributed by atoms with E-state index in [0.717, 1.165) is 5.56 Å². The number of nitrogens with zero attached hydrogens (tertiary/aromatic N) is 1. The molecule has 3 rings (SSSR count). The molecule has 1 fully saturated rings. The normalized spacial score (nSPS) is 15.6. The van der Waals surface area contributed by atoms with Crippen molar-refractivity contribution in [2.24, 2.45) is 5.92 Å². The second-order valence-corrected chi connectivity index (χ2v) is 5.53. The summed E-state index contributed by atoms with van der Waals surface area (Å²) >= 11 is 0. The summed E-state index contributed by atoms with van der Waals surface area (Å²) in [6.07, 6.45) is 2.50. The Morgan fingerprint density at radius 2 is 1.90 bits per heavy atom. The van der Waals surface area contributed by atoms with E-state index in [2.05, 4.69) is 29.6 Å². The van der Waals surface area contributed by atoms with Gasteiger partial charge in [-0.3, -0.25) is 10.1 Å². The SMILES string of the molecule is O=[N+]([O-])c1cccc(CNC(c2ccccc2)C2CC2)c1. The summed E-state index contributed by atoms with van der Waals surface area (Å²) in [5, 5.41) is 14.4. The first-order valence-corrected chi connectivity index (χ1v) is 7.26. The molecule has 2 aromatic carbocycles. The number of non-ortho nitro benzene ring substituents is 1. The van der Waals surface area contributed by atoms with Crippen LogP contribution in [-0.2, 0) is 6.54 Å². The topological polar surface area (TPSA) is 55.2 Å². The quantitative estimate of drug-likeness (QED) is 0.647. The van der Waals surface area contributed by atoms with Gasteiger partial charge in [-0.2, -0.15) is 0 Å². The van der Waals surface area contributed by atoms with Crippen LogP contribution in [0.5, 0.6) is 0 Å². The molecule has 1 aliphatic rings. The highest BCUT2D eigenvalue weighted by Crippen LogP contribution is 2.41. The van der Waals surface area contributed by atoms with E-state index in [1.165, 1.54) is 24.5 Å². The van der Waals surface area contributed by atoms with E-state index >= 15 is 0 Å². The van der Waals surface area contributed by atoms with Crippen LogP contribution in [0.1, 0.15) is 30.0 Å². The van der Waals surface area contributed by atoms with Gasteiger partial charge in [-0.05, 0) is 29.9 Å². The molecule has 1 saturated carbocycles. The predicted octanol–water partition coefficient (Wildman–Crippen LogP) is 3.84. The average Bonchev–Trinajstić information content (AvgIpc) is 3.34. The Balaban J connectivity index is 1.70. The maximum atomic E-state index is 10.8. The minimum atomic E-state index is -0.348. The molecule has 0 bridgehead atoms. The van der Waals surface area contributed by atoms with E-state index in [-0.39, 0.29) is 10.6 Å². The van der Waals surface area contributed by atoms with Gasteiger partial charge in [-0.25, -0.2) is 0 Å². The molecule has 2 aromatic rings. The second kappa shape index (κ2) is 6.06. The van der Waals surface area contributed by atoms with Gasteiger partial charge in [0.25, 0.3) is 5.69 Å². The van der Waals surface area contributed by atoms with Gasteiger partial charge in [0.1, 0.15) is 0 Å². The molecule has 0 spiro atoms. The molecule has 1 N–H and O–H groups in total. The van der Waals surface area contributed by atoms with Crippen molar-refractivity contribution in [2.45, 2.75) is 25.4 Å². The Bertz CT molecular complexity index is 624. The second-order valence-electron chi connectivity index (χ2n) is 5.53. The molecule has 0 heterocycles. The first-order chi connectivity index (χ1) is 10.2. The van der Waals surface area contributed by atoms with Crippen LogP contribution < -0.4 is 5.32 Å². The molecule has 4 heteroatoms. The van der Waals surface area contributed by atoms with Crippen molar-refractivity contribution in [3.05, 3.63) is 75.8 Å². The molecule has 108 valence electrons. The molecule has 0 radical (unpaired) electrons. The Kier molecular flexibility index (Phi) is 3.97. The van der Waals surface area contributed by atoms with Gasteiger partial charge in [-0.15, -0.1) is 0 Å². The van der Waals surface area contributed by atoms with Crippen LogP contribution in [0, 0.1) is 16.0 Å². The smallest absolute Gasteiger partial charge is 0.269 e. The lowest BCUT2D eigenvalue weighted by Crippen LogP contribution is -2.22.